The molecule has 1 fully saturated rings. The minimum atomic E-state index is -0.895. The smallest absolute Gasteiger partial charge is 0.191 e. The van der Waals surface area contributed by atoms with Gasteiger partial charge >= 0.3 is 0 Å². The molecule has 0 radical (unpaired) electrons. The van der Waals surface area contributed by atoms with Crippen LogP contribution in [0.1, 0.15) is 18.4 Å². The molecular formula is C23H32N4O2S. The third kappa shape index (κ3) is 6.76. The van der Waals surface area contributed by atoms with Crippen LogP contribution in [0.25, 0.3) is 0 Å². The Morgan fingerprint density at radius 1 is 1.23 bits per heavy atom. The van der Waals surface area contributed by atoms with Gasteiger partial charge in [0.2, 0.25) is 0 Å². The first-order valence-corrected chi connectivity index (χ1v) is 11.9. The van der Waals surface area contributed by atoms with Crippen LogP contribution >= 0.6 is 0 Å². The van der Waals surface area contributed by atoms with Gasteiger partial charge in [0, 0.05) is 66.8 Å². The first-order valence-electron chi connectivity index (χ1n) is 10.4. The van der Waals surface area contributed by atoms with Crippen LogP contribution in [0, 0.1) is 0 Å². The van der Waals surface area contributed by atoms with Gasteiger partial charge in [0.15, 0.2) is 5.96 Å². The van der Waals surface area contributed by atoms with Gasteiger partial charge in [0.1, 0.15) is 5.75 Å². The van der Waals surface area contributed by atoms with Crippen LogP contribution in [0.15, 0.2) is 59.6 Å². The Labute approximate surface area is 182 Å². The number of nitrogens with one attached hydrogen (secondary N) is 2. The fourth-order valence-corrected chi connectivity index (χ4v) is 4.68. The zero-order chi connectivity index (χ0) is 21.2. The van der Waals surface area contributed by atoms with Crippen LogP contribution in [0.4, 0.5) is 5.69 Å². The Balaban J connectivity index is 1.45. The minimum Gasteiger partial charge on any atom is -0.497 e. The number of piperidine rings is 1. The van der Waals surface area contributed by atoms with E-state index in [1.807, 2.05) is 42.5 Å². The van der Waals surface area contributed by atoms with E-state index in [1.165, 1.54) is 5.69 Å². The van der Waals surface area contributed by atoms with E-state index in [0.29, 0.717) is 24.1 Å². The van der Waals surface area contributed by atoms with Crippen LogP contribution in [0.5, 0.6) is 5.75 Å². The zero-order valence-electron chi connectivity index (χ0n) is 17.8. The third-order valence-electron chi connectivity index (χ3n) is 5.20. The highest BCUT2D eigenvalue weighted by atomic mass is 32.2. The van der Waals surface area contributed by atoms with E-state index in [9.17, 15) is 4.21 Å². The van der Waals surface area contributed by atoms with E-state index in [4.69, 9.17) is 4.74 Å². The number of ether oxygens (including phenoxy) is 1. The lowest BCUT2D eigenvalue weighted by Crippen LogP contribution is -2.51. The lowest BCUT2D eigenvalue weighted by molar-refractivity contribution is 0.414. The summed E-state index contributed by atoms with van der Waals surface area (Å²) in [5, 5.41) is 6.84. The molecule has 0 bridgehead atoms. The van der Waals surface area contributed by atoms with Gasteiger partial charge in [0.25, 0.3) is 0 Å². The van der Waals surface area contributed by atoms with Gasteiger partial charge in [-0.25, -0.2) is 0 Å². The summed E-state index contributed by atoms with van der Waals surface area (Å²) in [4.78, 5) is 6.73. The molecule has 30 heavy (non-hydrogen) atoms. The standard InChI is InChI=1S/C23H32N4O2S/c1-24-23(25-13-15-30(28)18-19-8-4-3-5-9-19)26-20-10-7-14-27(17-20)21-11-6-12-22(16-21)29-2/h3-6,8-9,11-12,16,20H,7,10,13-15,17-18H2,1-2H3,(H2,24,25,26). The van der Waals surface area contributed by atoms with Crippen molar-refractivity contribution in [1.82, 2.24) is 10.6 Å². The summed E-state index contributed by atoms with van der Waals surface area (Å²) in [6, 6.07) is 18.5. The minimum absolute atomic E-state index is 0.311. The summed E-state index contributed by atoms with van der Waals surface area (Å²) in [5.74, 6) is 2.83. The maximum Gasteiger partial charge on any atom is 0.191 e. The molecule has 0 amide bonds. The highest BCUT2D eigenvalue weighted by Gasteiger charge is 2.21. The van der Waals surface area contributed by atoms with Crippen LogP contribution in [0.3, 0.4) is 0 Å². The second kappa shape index (κ2) is 11.6. The van der Waals surface area contributed by atoms with Gasteiger partial charge < -0.3 is 20.3 Å². The first-order chi connectivity index (χ1) is 14.7. The van der Waals surface area contributed by atoms with Gasteiger partial charge in [-0.1, -0.05) is 36.4 Å². The van der Waals surface area contributed by atoms with Crippen molar-refractivity contribution < 1.29 is 8.95 Å². The average molecular weight is 429 g/mol. The molecule has 2 unspecified atom stereocenters. The second-order valence-electron chi connectivity index (χ2n) is 7.40. The number of anilines is 1. The van der Waals surface area contributed by atoms with Gasteiger partial charge in [-0.05, 0) is 30.5 Å². The molecule has 6 nitrogen and oxygen atoms in total. The summed E-state index contributed by atoms with van der Waals surface area (Å²) in [6.07, 6.45) is 2.22. The molecule has 0 aliphatic carbocycles. The predicted molar refractivity (Wildman–Crippen MR) is 126 cm³/mol. The van der Waals surface area contributed by atoms with Crippen LogP contribution < -0.4 is 20.3 Å². The van der Waals surface area contributed by atoms with E-state index >= 15 is 0 Å². The fraction of sp³-hybridized carbons (Fsp3) is 0.435. The van der Waals surface area contributed by atoms with E-state index in [1.54, 1.807) is 14.2 Å². The van der Waals surface area contributed by atoms with Crippen molar-refractivity contribution in [3.05, 3.63) is 60.2 Å². The Kier molecular flexibility index (Phi) is 8.56. The van der Waals surface area contributed by atoms with E-state index in [2.05, 4.69) is 32.7 Å². The van der Waals surface area contributed by atoms with E-state index in [-0.39, 0.29) is 0 Å². The monoisotopic (exact) mass is 428 g/mol. The number of guanidine groups is 1. The molecule has 0 aromatic heterocycles. The van der Waals surface area contributed by atoms with Gasteiger partial charge in [-0.2, -0.15) is 0 Å². The van der Waals surface area contributed by atoms with Crippen LogP contribution in [-0.2, 0) is 16.6 Å². The molecule has 7 heteroatoms. The zero-order valence-corrected chi connectivity index (χ0v) is 18.7. The predicted octanol–water partition coefficient (Wildman–Crippen LogP) is 2.78. The summed E-state index contributed by atoms with van der Waals surface area (Å²) in [5.41, 5.74) is 2.29. The van der Waals surface area contributed by atoms with Crippen molar-refractivity contribution >= 4 is 22.4 Å². The molecule has 1 saturated heterocycles. The van der Waals surface area contributed by atoms with Crippen molar-refractivity contribution in [3.63, 3.8) is 0 Å². The van der Waals surface area contributed by atoms with Crippen LogP contribution in [0.2, 0.25) is 0 Å². The number of nitrogens with zero attached hydrogens (tertiary/aromatic N) is 2. The summed E-state index contributed by atoms with van der Waals surface area (Å²) < 4.78 is 17.7. The number of rotatable bonds is 8. The topological polar surface area (TPSA) is 66.0 Å². The second-order valence-corrected chi connectivity index (χ2v) is 8.98. The maximum absolute atomic E-state index is 12.3. The SMILES string of the molecule is CN=C(NCCS(=O)Cc1ccccc1)NC1CCCN(c2cccc(OC)c2)C1. The molecule has 2 atom stereocenters. The molecule has 2 aromatic rings. The quantitative estimate of drug-likeness (QED) is 0.500. The molecular weight excluding hydrogens is 396 g/mol. The summed E-state index contributed by atoms with van der Waals surface area (Å²) in [6.45, 7) is 2.58. The molecule has 162 valence electrons. The fourth-order valence-electron chi connectivity index (χ4n) is 3.64. The highest BCUT2D eigenvalue weighted by molar-refractivity contribution is 7.84. The molecule has 0 spiro atoms. The van der Waals surface area contributed by atoms with Crippen LogP contribution in [-0.4, -0.2) is 55.8 Å². The normalized spacial score (nSPS) is 18.0. The first kappa shape index (κ1) is 22.2. The van der Waals surface area contributed by atoms with Gasteiger partial charge in [0.05, 0.1) is 7.11 Å². The van der Waals surface area contributed by atoms with Gasteiger partial charge in [-0.15, -0.1) is 0 Å². The summed E-state index contributed by atoms with van der Waals surface area (Å²) >= 11 is 0. The Bertz CT molecular complexity index is 844. The van der Waals surface area contributed by atoms with Crippen molar-refractivity contribution in [2.24, 2.45) is 4.99 Å². The van der Waals surface area contributed by atoms with Crippen molar-refractivity contribution in [2.75, 3.05) is 44.4 Å². The molecule has 1 heterocycles. The van der Waals surface area contributed by atoms with E-state index < -0.39 is 10.8 Å². The van der Waals surface area contributed by atoms with Crippen molar-refractivity contribution in [2.45, 2.75) is 24.6 Å². The Hall–Kier alpha value is -2.54. The largest absolute Gasteiger partial charge is 0.497 e. The lowest BCUT2D eigenvalue weighted by atomic mass is 10.0. The molecule has 2 aromatic carbocycles. The lowest BCUT2D eigenvalue weighted by Gasteiger charge is -2.35. The number of hydrogen-bond acceptors (Lipinski definition) is 4. The highest BCUT2D eigenvalue weighted by Crippen LogP contribution is 2.24. The third-order valence-corrected chi connectivity index (χ3v) is 6.51. The number of hydrogen-bond donors (Lipinski definition) is 2. The Morgan fingerprint density at radius 3 is 2.83 bits per heavy atom. The van der Waals surface area contributed by atoms with Crippen molar-refractivity contribution in [3.8, 4) is 5.75 Å². The number of aliphatic imine (C=N–C) groups is 1. The maximum atomic E-state index is 12.3. The Morgan fingerprint density at radius 2 is 2.07 bits per heavy atom. The molecule has 1 aliphatic rings. The molecule has 3 rings (SSSR count). The summed E-state index contributed by atoms with van der Waals surface area (Å²) in [7, 11) is 2.58. The number of benzene rings is 2. The molecule has 0 saturated carbocycles. The molecule has 1 aliphatic heterocycles. The van der Waals surface area contributed by atoms with Gasteiger partial charge in [-0.3, -0.25) is 9.20 Å². The van der Waals surface area contributed by atoms with Crippen molar-refractivity contribution in [1.29, 1.82) is 0 Å². The average Bonchev–Trinajstić information content (AvgIpc) is 2.79. The number of methoxy groups -OCH3 is 1. The van der Waals surface area contributed by atoms with E-state index in [0.717, 1.165) is 43.2 Å². The molecule has 2 N–H and O–H groups in total.